The van der Waals surface area contributed by atoms with Crippen LogP contribution in [-0.2, 0) is 16.6 Å². The van der Waals surface area contributed by atoms with Crippen molar-refractivity contribution in [1.82, 2.24) is 4.72 Å². The number of nitrogens with one attached hydrogen (secondary N) is 1. The van der Waals surface area contributed by atoms with Gasteiger partial charge in [-0.25, -0.2) is 13.1 Å². The van der Waals surface area contributed by atoms with E-state index in [1.54, 1.807) is 18.2 Å². The van der Waals surface area contributed by atoms with Gasteiger partial charge in [0.25, 0.3) is 5.91 Å². The number of rotatable bonds is 7. The fourth-order valence-electron chi connectivity index (χ4n) is 2.42. The topological polar surface area (TPSA) is 81.7 Å². The maximum absolute atomic E-state index is 11.9. The van der Waals surface area contributed by atoms with Crippen molar-refractivity contribution in [1.29, 1.82) is 0 Å². The SMILES string of the molecule is CS(=O)(=O)NC(=O)c1ccc(Oc2ccccc2OCc2ccccc2)cc1. The Labute approximate surface area is 163 Å². The van der Waals surface area contributed by atoms with Gasteiger partial charge in [0.1, 0.15) is 12.4 Å². The van der Waals surface area contributed by atoms with E-state index < -0.39 is 15.9 Å². The third-order valence-corrected chi connectivity index (χ3v) is 4.26. The molecule has 0 unspecified atom stereocenters. The summed E-state index contributed by atoms with van der Waals surface area (Å²) in [4.78, 5) is 11.9. The number of sulfonamides is 1. The Morgan fingerprint density at radius 1 is 0.857 bits per heavy atom. The van der Waals surface area contributed by atoms with Crippen LogP contribution in [0.15, 0.2) is 78.9 Å². The summed E-state index contributed by atoms with van der Waals surface area (Å²) in [5, 5.41) is 0. The first-order chi connectivity index (χ1) is 13.4. The molecule has 0 atom stereocenters. The van der Waals surface area contributed by atoms with Crippen LogP contribution in [0.1, 0.15) is 15.9 Å². The van der Waals surface area contributed by atoms with Gasteiger partial charge < -0.3 is 9.47 Å². The maximum atomic E-state index is 11.9. The molecule has 3 aromatic rings. The van der Waals surface area contributed by atoms with Gasteiger partial charge in [0.05, 0.1) is 6.26 Å². The molecule has 0 aliphatic carbocycles. The fourth-order valence-corrected chi connectivity index (χ4v) is 2.87. The summed E-state index contributed by atoms with van der Waals surface area (Å²) in [5.41, 5.74) is 1.25. The van der Waals surface area contributed by atoms with Gasteiger partial charge in [-0.1, -0.05) is 42.5 Å². The van der Waals surface area contributed by atoms with Gasteiger partial charge in [-0.15, -0.1) is 0 Å². The van der Waals surface area contributed by atoms with E-state index in [2.05, 4.69) is 0 Å². The molecule has 0 aliphatic heterocycles. The summed E-state index contributed by atoms with van der Waals surface area (Å²) in [7, 11) is -3.61. The van der Waals surface area contributed by atoms with E-state index in [0.717, 1.165) is 11.8 Å². The monoisotopic (exact) mass is 397 g/mol. The van der Waals surface area contributed by atoms with Crippen molar-refractivity contribution in [3.05, 3.63) is 90.0 Å². The first-order valence-corrected chi connectivity index (χ1v) is 10.4. The van der Waals surface area contributed by atoms with Gasteiger partial charge in [-0.2, -0.15) is 0 Å². The second-order valence-corrected chi connectivity index (χ2v) is 7.80. The molecule has 0 aromatic heterocycles. The van der Waals surface area contributed by atoms with Crippen LogP contribution < -0.4 is 14.2 Å². The van der Waals surface area contributed by atoms with Crippen LogP contribution in [-0.4, -0.2) is 20.6 Å². The molecule has 0 saturated heterocycles. The van der Waals surface area contributed by atoms with Crippen molar-refractivity contribution in [2.24, 2.45) is 0 Å². The zero-order chi connectivity index (χ0) is 20.0. The smallest absolute Gasteiger partial charge is 0.264 e. The maximum Gasteiger partial charge on any atom is 0.264 e. The Hall–Kier alpha value is -3.32. The summed E-state index contributed by atoms with van der Waals surface area (Å²) in [6.45, 7) is 0.409. The fraction of sp³-hybridized carbons (Fsp3) is 0.0952. The molecule has 3 rings (SSSR count). The van der Waals surface area contributed by atoms with Crippen LogP contribution >= 0.6 is 0 Å². The van der Waals surface area contributed by atoms with Crippen molar-refractivity contribution in [3.8, 4) is 17.2 Å². The minimum absolute atomic E-state index is 0.214. The summed E-state index contributed by atoms with van der Waals surface area (Å²) in [6.07, 6.45) is 0.925. The molecule has 28 heavy (non-hydrogen) atoms. The number of benzene rings is 3. The minimum Gasteiger partial charge on any atom is -0.485 e. The van der Waals surface area contributed by atoms with Crippen LogP contribution in [0.3, 0.4) is 0 Å². The molecule has 0 fully saturated rings. The standard InChI is InChI=1S/C21H19NO5S/c1-28(24,25)22-21(23)17-11-13-18(14-12-17)27-20-10-6-5-9-19(20)26-15-16-7-3-2-4-8-16/h2-14H,15H2,1H3,(H,22,23). The second kappa shape index (κ2) is 8.58. The highest BCUT2D eigenvalue weighted by molar-refractivity contribution is 7.89. The van der Waals surface area contributed by atoms with E-state index in [0.29, 0.717) is 23.9 Å². The predicted molar refractivity (Wildman–Crippen MR) is 106 cm³/mol. The molecule has 144 valence electrons. The molecule has 6 nitrogen and oxygen atoms in total. The van der Waals surface area contributed by atoms with Gasteiger partial charge >= 0.3 is 0 Å². The Bertz CT molecular complexity index is 1050. The lowest BCUT2D eigenvalue weighted by Gasteiger charge is -2.13. The summed E-state index contributed by atoms with van der Waals surface area (Å²) >= 11 is 0. The van der Waals surface area contributed by atoms with E-state index in [9.17, 15) is 13.2 Å². The Morgan fingerprint density at radius 2 is 1.46 bits per heavy atom. The molecule has 0 radical (unpaired) electrons. The molecule has 7 heteroatoms. The molecule has 0 aliphatic rings. The highest BCUT2D eigenvalue weighted by Gasteiger charge is 2.12. The minimum atomic E-state index is -3.61. The number of carbonyl (C=O) groups is 1. The largest absolute Gasteiger partial charge is 0.485 e. The number of para-hydroxylation sites is 2. The van der Waals surface area contributed by atoms with Crippen molar-refractivity contribution in [2.75, 3.05) is 6.26 Å². The van der Waals surface area contributed by atoms with Crippen LogP contribution in [0, 0.1) is 0 Å². The van der Waals surface area contributed by atoms with Crippen molar-refractivity contribution in [3.63, 3.8) is 0 Å². The van der Waals surface area contributed by atoms with Crippen molar-refractivity contribution >= 4 is 15.9 Å². The molecule has 1 amide bonds. The van der Waals surface area contributed by atoms with E-state index in [1.165, 1.54) is 12.1 Å². The summed E-state index contributed by atoms with van der Waals surface area (Å²) in [6, 6.07) is 23.2. The lowest BCUT2D eigenvalue weighted by atomic mass is 10.2. The average Bonchev–Trinajstić information content (AvgIpc) is 2.67. The van der Waals surface area contributed by atoms with Gasteiger partial charge in [0, 0.05) is 5.56 Å². The lowest BCUT2D eigenvalue weighted by molar-refractivity contribution is 0.0981. The first kappa shape index (κ1) is 19.4. The number of hydrogen-bond acceptors (Lipinski definition) is 5. The van der Waals surface area contributed by atoms with Crippen molar-refractivity contribution < 1.29 is 22.7 Å². The van der Waals surface area contributed by atoms with Crippen LogP contribution in [0.4, 0.5) is 0 Å². The first-order valence-electron chi connectivity index (χ1n) is 8.46. The lowest BCUT2D eigenvalue weighted by Crippen LogP contribution is -2.29. The number of ether oxygens (including phenoxy) is 2. The molecule has 0 saturated carbocycles. The molecule has 0 bridgehead atoms. The van der Waals surface area contributed by atoms with Gasteiger partial charge in [0.15, 0.2) is 11.5 Å². The third-order valence-electron chi connectivity index (χ3n) is 3.71. The highest BCUT2D eigenvalue weighted by atomic mass is 32.2. The zero-order valence-corrected chi connectivity index (χ0v) is 16.0. The number of carbonyl (C=O) groups excluding carboxylic acids is 1. The molecule has 1 N–H and O–H groups in total. The Balaban J connectivity index is 1.69. The van der Waals surface area contributed by atoms with Crippen molar-refractivity contribution in [2.45, 2.75) is 6.61 Å². The number of amides is 1. The van der Waals surface area contributed by atoms with Gasteiger partial charge in [-0.3, -0.25) is 4.79 Å². The quantitative estimate of drug-likeness (QED) is 0.657. The molecular formula is C21H19NO5S. The molecule has 0 heterocycles. The van der Waals surface area contributed by atoms with Crippen LogP contribution in [0.5, 0.6) is 17.2 Å². The Kier molecular flexibility index (Phi) is 5.96. The molecule has 3 aromatic carbocycles. The Morgan fingerprint density at radius 3 is 2.11 bits per heavy atom. The average molecular weight is 397 g/mol. The second-order valence-electron chi connectivity index (χ2n) is 6.05. The van der Waals surface area contributed by atoms with Crippen LogP contribution in [0.2, 0.25) is 0 Å². The highest BCUT2D eigenvalue weighted by Crippen LogP contribution is 2.31. The van der Waals surface area contributed by atoms with Gasteiger partial charge in [-0.05, 0) is 42.0 Å². The van der Waals surface area contributed by atoms with Crippen LogP contribution in [0.25, 0.3) is 0 Å². The van der Waals surface area contributed by atoms with E-state index >= 15 is 0 Å². The normalized spacial score (nSPS) is 10.9. The third kappa shape index (κ3) is 5.59. The zero-order valence-electron chi connectivity index (χ0n) is 15.2. The van der Waals surface area contributed by atoms with E-state index in [4.69, 9.17) is 9.47 Å². The van der Waals surface area contributed by atoms with E-state index in [1.807, 2.05) is 53.3 Å². The predicted octanol–water partition coefficient (Wildman–Crippen LogP) is 3.75. The number of hydrogen-bond donors (Lipinski definition) is 1. The molecule has 0 spiro atoms. The molecular weight excluding hydrogens is 378 g/mol. The van der Waals surface area contributed by atoms with Gasteiger partial charge in [0.2, 0.25) is 10.0 Å². The summed E-state index contributed by atoms with van der Waals surface area (Å²) in [5.74, 6) is 0.921. The summed E-state index contributed by atoms with van der Waals surface area (Å²) < 4.78 is 35.9. The van der Waals surface area contributed by atoms with E-state index in [-0.39, 0.29) is 5.56 Å².